The van der Waals surface area contributed by atoms with Crippen LogP contribution in [0.3, 0.4) is 0 Å². The highest BCUT2D eigenvalue weighted by molar-refractivity contribution is 5.76. The Morgan fingerprint density at radius 2 is 1.75 bits per heavy atom. The largest absolute Gasteiger partial charge is 0.494 e. The zero-order valence-corrected chi connectivity index (χ0v) is 12.1. The van der Waals surface area contributed by atoms with Gasteiger partial charge < -0.3 is 15.4 Å². The van der Waals surface area contributed by atoms with Crippen LogP contribution in [0.2, 0.25) is 0 Å². The Bertz CT molecular complexity index is 429. The van der Waals surface area contributed by atoms with Gasteiger partial charge in [-0.05, 0) is 25.5 Å². The summed E-state index contributed by atoms with van der Waals surface area (Å²) in [6.45, 7) is 4.90. The molecule has 0 unspecified atom stereocenters. The Morgan fingerprint density at radius 3 is 2.40 bits per heavy atom. The Morgan fingerprint density at radius 1 is 1.10 bits per heavy atom. The van der Waals surface area contributed by atoms with E-state index in [2.05, 4.69) is 10.6 Å². The van der Waals surface area contributed by atoms with Gasteiger partial charge in [-0.25, -0.2) is 0 Å². The van der Waals surface area contributed by atoms with Crippen LogP contribution in [0.5, 0.6) is 5.75 Å². The molecule has 5 heteroatoms. The second kappa shape index (κ2) is 8.96. The van der Waals surface area contributed by atoms with Crippen LogP contribution in [0.15, 0.2) is 24.3 Å². The first-order chi connectivity index (χ1) is 9.58. The molecule has 0 spiro atoms. The number of carbonyl (C=O) groups is 2. The summed E-state index contributed by atoms with van der Waals surface area (Å²) in [5.41, 5.74) is 1.19. The van der Waals surface area contributed by atoms with E-state index < -0.39 is 0 Å². The van der Waals surface area contributed by atoms with Gasteiger partial charge in [-0.3, -0.25) is 9.59 Å². The maximum Gasteiger partial charge on any atom is 0.220 e. The van der Waals surface area contributed by atoms with Crippen LogP contribution in [-0.4, -0.2) is 31.5 Å². The van der Waals surface area contributed by atoms with Crippen molar-refractivity contribution in [3.63, 3.8) is 0 Å². The van der Waals surface area contributed by atoms with Gasteiger partial charge in [-0.1, -0.05) is 17.7 Å². The zero-order valence-electron chi connectivity index (χ0n) is 12.1. The lowest BCUT2D eigenvalue weighted by Gasteiger charge is -2.07. The number of aryl methyl sites for hydroxylation is 1. The number of ether oxygens (including phenoxy) is 1. The first-order valence-corrected chi connectivity index (χ1v) is 6.78. The molecule has 0 radical (unpaired) electrons. The van der Waals surface area contributed by atoms with Crippen molar-refractivity contribution >= 4 is 11.8 Å². The van der Waals surface area contributed by atoms with Gasteiger partial charge in [0.25, 0.3) is 0 Å². The molecule has 0 heterocycles. The van der Waals surface area contributed by atoms with E-state index in [0.717, 1.165) is 5.75 Å². The van der Waals surface area contributed by atoms with E-state index in [-0.39, 0.29) is 11.8 Å². The highest BCUT2D eigenvalue weighted by Crippen LogP contribution is 2.11. The van der Waals surface area contributed by atoms with Crippen LogP contribution in [0, 0.1) is 6.92 Å². The van der Waals surface area contributed by atoms with Gasteiger partial charge in [-0.2, -0.15) is 0 Å². The summed E-state index contributed by atoms with van der Waals surface area (Å²) in [5.74, 6) is 0.704. The minimum Gasteiger partial charge on any atom is -0.494 e. The topological polar surface area (TPSA) is 67.4 Å². The van der Waals surface area contributed by atoms with Crippen molar-refractivity contribution in [1.29, 1.82) is 0 Å². The molecule has 5 nitrogen and oxygen atoms in total. The van der Waals surface area contributed by atoms with Crippen molar-refractivity contribution < 1.29 is 14.3 Å². The number of amides is 2. The first kappa shape index (κ1) is 16.0. The van der Waals surface area contributed by atoms with Gasteiger partial charge in [0, 0.05) is 26.4 Å². The normalized spacial score (nSPS) is 9.90. The quantitative estimate of drug-likeness (QED) is 0.706. The molecular formula is C15H22N2O3. The fourth-order valence-corrected chi connectivity index (χ4v) is 1.59. The predicted molar refractivity (Wildman–Crippen MR) is 77.6 cm³/mol. The molecule has 1 rings (SSSR count). The monoisotopic (exact) mass is 278 g/mol. The third-order valence-electron chi connectivity index (χ3n) is 2.66. The van der Waals surface area contributed by atoms with Crippen LogP contribution in [0.4, 0.5) is 0 Å². The third-order valence-corrected chi connectivity index (χ3v) is 2.66. The van der Waals surface area contributed by atoms with Crippen LogP contribution in [0.25, 0.3) is 0 Å². The molecule has 1 aromatic carbocycles. The van der Waals surface area contributed by atoms with Gasteiger partial charge in [0.05, 0.1) is 6.61 Å². The van der Waals surface area contributed by atoms with Gasteiger partial charge in [-0.15, -0.1) is 0 Å². The highest BCUT2D eigenvalue weighted by atomic mass is 16.5. The average molecular weight is 278 g/mol. The molecule has 2 N–H and O–H groups in total. The van der Waals surface area contributed by atoms with Crippen molar-refractivity contribution in [2.24, 2.45) is 0 Å². The number of carbonyl (C=O) groups excluding carboxylic acids is 2. The molecule has 0 bridgehead atoms. The SMILES string of the molecule is CC(=O)NCCNC(=O)CCCOc1ccc(C)cc1. The van der Waals surface area contributed by atoms with E-state index >= 15 is 0 Å². The molecular weight excluding hydrogens is 256 g/mol. The van der Waals surface area contributed by atoms with Crippen molar-refractivity contribution in [3.8, 4) is 5.75 Å². The predicted octanol–water partition coefficient (Wildman–Crippen LogP) is 1.41. The van der Waals surface area contributed by atoms with E-state index in [9.17, 15) is 9.59 Å². The molecule has 1 aromatic rings. The highest BCUT2D eigenvalue weighted by Gasteiger charge is 2.01. The molecule has 0 aliphatic heterocycles. The van der Waals surface area contributed by atoms with Crippen molar-refractivity contribution in [1.82, 2.24) is 10.6 Å². The summed E-state index contributed by atoms with van der Waals surface area (Å²) < 4.78 is 5.53. The lowest BCUT2D eigenvalue weighted by atomic mass is 10.2. The van der Waals surface area contributed by atoms with E-state index in [4.69, 9.17) is 4.74 Å². The maximum absolute atomic E-state index is 11.5. The molecule has 110 valence electrons. The standard InChI is InChI=1S/C15H22N2O3/c1-12-5-7-14(8-6-12)20-11-3-4-15(19)17-10-9-16-13(2)18/h5-8H,3-4,9-11H2,1-2H3,(H,16,18)(H,17,19). The summed E-state index contributed by atoms with van der Waals surface area (Å²) in [4.78, 5) is 22.1. The Hall–Kier alpha value is -2.04. The number of benzene rings is 1. The lowest BCUT2D eigenvalue weighted by Crippen LogP contribution is -2.33. The van der Waals surface area contributed by atoms with Crippen LogP contribution >= 0.6 is 0 Å². The molecule has 0 atom stereocenters. The summed E-state index contributed by atoms with van der Waals surface area (Å²) >= 11 is 0. The summed E-state index contributed by atoms with van der Waals surface area (Å²) in [7, 11) is 0. The van der Waals surface area contributed by atoms with Gasteiger partial charge >= 0.3 is 0 Å². The number of hydrogen-bond donors (Lipinski definition) is 2. The molecule has 0 saturated heterocycles. The molecule has 0 saturated carbocycles. The average Bonchev–Trinajstić information content (AvgIpc) is 2.41. The maximum atomic E-state index is 11.5. The van der Waals surface area contributed by atoms with E-state index in [1.54, 1.807) is 0 Å². The summed E-state index contributed by atoms with van der Waals surface area (Å²) in [5, 5.41) is 5.35. The smallest absolute Gasteiger partial charge is 0.220 e. The zero-order chi connectivity index (χ0) is 14.8. The number of nitrogens with one attached hydrogen (secondary N) is 2. The third kappa shape index (κ3) is 7.41. The fraction of sp³-hybridized carbons (Fsp3) is 0.467. The van der Waals surface area contributed by atoms with Gasteiger partial charge in [0.2, 0.25) is 11.8 Å². The van der Waals surface area contributed by atoms with Gasteiger partial charge in [0.15, 0.2) is 0 Å². The van der Waals surface area contributed by atoms with Crippen LogP contribution < -0.4 is 15.4 Å². The molecule has 0 aliphatic carbocycles. The van der Waals surface area contributed by atoms with Crippen LogP contribution in [-0.2, 0) is 9.59 Å². The molecule has 0 fully saturated rings. The number of rotatable bonds is 8. The Labute approximate surface area is 119 Å². The summed E-state index contributed by atoms with van der Waals surface area (Å²) in [6.07, 6.45) is 1.09. The fourth-order valence-electron chi connectivity index (χ4n) is 1.59. The minimum absolute atomic E-state index is 0.0251. The molecule has 0 aliphatic rings. The second-order valence-corrected chi connectivity index (χ2v) is 4.60. The molecule has 20 heavy (non-hydrogen) atoms. The second-order valence-electron chi connectivity index (χ2n) is 4.60. The van der Waals surface area contributed by atoms with Gasteiger partial charge in [0.1, 0.15) is 5.75 Å². The van der Waals surface area contributed by atoms with E-state index in [1.165, 1.54) is 12.5 Å². The number of hydrogen-bond acceptors (Lipinski definition) is 3. The Balaban J connectivity index is 2.04. The van der Waals surface area contributed by atoms with Crippen molar-refractivity contribution in [2.75, 3.05) is 19.7 Å². The summed E-state index contributed by atoms with van der Waals surface area (Å²) in [6, 6.07) is 7.82. The molecule has 0 aromatic heterocycles. The minimum atomic E-state index is -0.0919. The van der Waals surface area contributed by atoms with Crippen molar-refractivity contribution in [2.45, 2.75) is 26.7 Å². The molecule has 2 amide bonds. The lowest BCUT2D eigenvalue weighted by molar-refractivity contribution is -0.122. The van der Waals surface area contributed by atoms with E-state index in [0.29, 0.717) is 32.5 Å². The van der Waals surface area contributed by atoms with Crippen LogP contribution in [0.1, 0.15) is 25.3 Å². The Kier molecular flexibility index (Phi) is 7.17. The van der Waals surface area contributed by atoms with Crippen molar-refractivity contribution in [3.05, 3.63) is 29.8 Å². The van der Waals surface area contributed by atoms with E-state index in [1.807, 2.05) is 31.2 Å². The first-order valence-electron chi connectivity index (χ1n) is 6.78.